The van der Waals surface area contributed by atoms with Crippen LogP contribution in [0.3, 0.4) is 0 Å². The Kier molecular flexibility index (Phi) is 6.47. The summed E-state index contributed by atoms with van der Waals surface area (Å²) in [6.45, 7) is 6.29. The van der Waals surface area contributed by atoms with Crippen molar-refractivity contribution in [2.24, 2.45) is 0 Å². The molecule has 0 radical (unpaired) electrons. The van der Waals surface area contributed by atoms with Crippen LogP contribution in [0.1, 0.15) is 22.7 Å². The van der Waals surface area contributed by atoms with Gasteiger partial charge < -0.3 is 4.90 Å². The van der Waals surface area contributed by atoms with Gasteiger partial charge in [0.15, 0.2) is 0 Å². The van der Waals surface area contributed by atoms with Gasteiger partial charge in [-0.1, -0.05) is 24.3 Å². The highest BCUT2D eigenvalue weighted by atomic mass is 32.2. The maximum atomic E-state index is 12.6. The van der Waals surface area contributed by atoms with E-state index in [0.29, 0.717) is 6.54 Å². The number of hydrogen-bond acceptors (Lipinski definition) is 5. The van der Waals surface area contributed by atoms with E-state index in [2.05, 4.69) is 38.4 Å². The minimum atomic E-state index is -3.38. The van der Waals surface area contributed by atoms with Gasteiger partial charge >= 0.3 is 0 Å². The number of nitrogens with one attached hydrogen (secondary N) is 1. The van der Waals surface area contributed by atoms with Gasteiger partial charge in [0.25, 0.3) is 0 Å². The number of aryl methyl sites for hydroxylation is 1. The minimum Gasteiger partial charge on any atom is -0.304 e. The van der Waals surface area contributed by atoms with Crippen molar-refractivity contribution in [3.05, 3.63) is 57.8 Å². The molecule has 0 aliphatic carbocycles. The first kappa shape index (κ1) is 19.5. The lowest BCUT2D eigenvalue weighted by atomic mass is 10.1. The molecule has 1 aliphatic heterocycles. The highest BCUT2D eigenvalue weighted by Crippen LogP contribution is 2.24. The summed E-state index contributed by atoms with van der Waals surface area (Å²) in [5, 5.41) is 4.18. The van der Waals surface area contributed by atoms with Crippen LogP contribution in [-0.4, -0.2) is 58.0 Å². The summed E-state index contributed by atoms with van der Waals surface area (Å²) in [5.74, 6) is 0.0266. The van der Waals surface area contributed by atoms with Crippen LogP contribution < -0.4 is 4.72 Å². The fourth-order valence-electron chi connectivity index (χ4n) is 3.29. The SMILES string of the molecule is Cc1ccccc1CS(=O)(=O)NCC(c1ccsc1)N1CCN(C)CC1. The number of benzene rings is 1. The Morgan fingerprint density at radius 1 is 1.15 bits per heavy atom. The molecule has 0 spiro atoms. The molecule has 1 saturated heterocycles. The Hall–Kier alpha value is -1.25. The van der Waals surface area contributed by atoms with Crippen LogP contribution in [0.2, 0.25) is 0 Å². The first-order valence-corrected chi connectivity index (χ1v) is 11.5. The van der Waals surface area contributed by atoms with Crippen molar-refractivity contribution in [1.29, 1.82) is 0 Å². The molecule has 26 heavy (non-hydrogen) atoms. The summed E-state index contributed by atoms with van der Waals surface area (Å²) >= 11 is 1.66. The van der Waals surface area contributed by atoms with E-state index in [-0.39, 0.29) is 11.8 Å². The quantitative estimate of drug-likeness (QED) is 0.785. The molecule has 2 heterocycles. The summed E-state index contributed by atoms with van der Waals surface area (Å²) in [4.78, 5) is 4.70. The van der Waals surface area contributed by atoms with Crippen LogP contribution in [0.4, 0.5) is 0 Å². The van der Waals surface area contributed by atoms with Gasteiger partial charge in [-0.3, -0.25) is 4.90 Å². The topological polar surface area (TPSA) is 52.7 Å². The largest absolute Gasteiger partial charge is 0.304 e. The average molecular weight is 394 g/mol. The molecule has 1 aromatic carbocycles. The number of nitrogens with zero attached hydrogens (tertiary/aromatic N) is 2. The molecule has 7 heteroatoms. The second kappa shape index (κ2) is 8.63. The molecular formula is C19H27N3O2S2. The van der Waals surface area contributed by atoms with Crippen molar-refractivity contribution in [2.45, 2.75) is 18.7 Å². The number of sulfonamides is 1. The van der Waals surface area contributed by atoms with Crippen molar-refractivity contribution in [1.82, 2.24) is 14.5 Å². The van der Waals surface area contributed by atoms with E-state index in [0.717, 1.165) is 37.3 Å². The smallest absolute Gasteiger partial charge is 0.215 e. The van der Waals surface area contributed by atoms with Gasteiger partial charge in [-0.25, -0.2) is 13.1 Å². The van der Waals surface area contributed by atoms with Crippen LogP contribution in [0.25, 0.3) is 0 Å². The third-order valence-corrected chi connectivity index (χ3v) is 7.01. The molecule has 1 aromatic heterocycles. The lowest BCUT2D eigenvalue weighted by molar-refractivity contribution is 0.113. The highest BCUT2D eigenvalue weighted by Gasteiger charge is 2.26. The lowest BCUT2D eigenvalue weighted by Gasteiger charge is -2.38. The Morgan fingerprint density at radius 2 is 1.88 bits per heavy atom. The van der Waals surface area contributed by atoms with Gasteiger partial charge in [0, 0.05) is 38.8 Å². The van der Waals surface area contributed by atoms with Crippen LogP contribution in [0.15, 0.2) is 41.1 Å². The summed E-state index contributed by atoms with van der Waals surface area (Å²) in [6, 6.07) is 9.83. The summed E-state index contributed by atoms with van der Waals surface area (Å²) in [5.41, 5.74) is 3.05. The number of rotatable bonds is 7. The van der Waals surface area contributed by atoms with E-state index in [9.17, 15) is 8.42 Å². The summed E-state index contributed by atoms with van der Waals surface area (Å²) in [6.07, 6.45) is 0. The second-order valence-corrected chi connectivity index (χ2v) is 9.53. The van der Waals surface area contributed by atoms with Crippen molar-refractivity contribution < 1.29 is 8.42 Å². The van der Waals surface area contributed by atoms with Gasteiger partial charge in [0.1, 0.15) is 0 Å². The van der Waals surface area contributed by atoms with Gasteiger partial charge in [-0.2, -0.15) is 11.3 Å². The molecule has 1 unspecified atom stereocenters. The van der Waals surface area contributed by atoms with Crippen molar-refractivity contribution in [3.8, 4) is 0 Å². The third-order valence-electron chi connectivity index (χ3n) is 5.01. The maximum Gasteiger partial charge on any atom is 0.215 e. The Labute approximate surface area is 160 Å². The molecule has 142 valence electrons. The molecule has 1 aliphatic rings. The molecule has 0 saturated carbocycles. The monoisotopic (exact) mass is 393 g/mol. The summed E-state index contributed by atoms with van der Waals surface area (Å²) < 4.78 is 28.1. The Morgan fingerprint density at radius 3 is 2.54 bits per heavy atom. The normalized spacial score (nSPS) is 18.1. The average Bonchev–Trinajstić information content (AvgIpc) is 3.13. The van der Waals surface area contributed by atoms with E-state index in [1.807, 2.05) is 31.2 Å². The van der Waals surface area contributed by atoms with Gasteiger partial charge in [-0.05, 0) is 47.5 Å². The molecule has 5 nitrogen and oxygen atoms in total. The zero-order valence-electron chi connectivity index (χ0n) is 15.4. The maximum absolute atomic E-state index is 12.6. The van der Waals surface area contributed by atoms with Crippen molar-refractivity contribution >= 4 is 21.4 Å². The molecule has 0 bridgehead atoms. The predicted molar refractivity (Wildman–Crippen MR) is 108 cm³/mol. The number of likely N-dealkylation sites (N-methyl/N-ethyl adjacent to an activating group) is 1. The molecule has 0 amide bonds. The second-order valence-electron chi connectivity index (χ2n) is 6.95. The lowest BCUT2D eigenvalue weighted by Crippen LogP contribution is -2.48. The van der Waals surface area contributed by atoms with E-state index < -0.39 is 10.0 Å². The standard InChI is InChI=1S/C19H27N3O2S2/c1-16-5-3-4-6-18(16)15-26(23,24)20-13-19(17-7-12-25-14-17)22-10-8-21(2)9-11-22/h3-7,12,14,19-20H,8-11,13,15H2,1-2H3. The van der Waals surface area contributed by atoms with Crippen LogP contribution in [0, 0.1) is 6.92 Å². The zero-order valence-corrected chi connectivity index (χ0v) is 17.0. The number of thiophene rings is 1. The van der Waals surface area contributed by atoms with E-state index in [1.54, 1.807) is 11.3 Å². The first-order valence-electron chi connectivity index (χ1n) is 8.91. The fourth-order valence-corrected chi connectivity index (χ4v) is 5.24. The zero-order chi connectivity index (χ0) is 18.6. The van der Waals surface area contributed by atoms with Crippen molar-refractivity contribution in [3.63, 3.8) is 0 Å². The molecular weight excluding hydrogens is 366 g/mol. The van der Waals surface area contributed by atoms with E-state index in [1.165, 1.54) is 5.56 Å². The van der Waals surface area contributed by atoms with Crippen LogP contribution in [-0.2, 0) is 15.8 Å². The predicted octanol–water partition coefficient (Wildman–Crippen LogP) is 2.46. The minimum absolute atomic E-state index is 0.0266. The van der Waals surface area contributed by atoms with E-state index >= 15 is 0 Å². The molecule has 1 fully saturated rings. The fraction of sp³-hybridized carbons (Fsp3) is 0.474. The third kappa shape index (κ3) is 5.14. The van der Waals surface area contributed by atoms with Crippen molar-refractivity contribution in [2.75, 3.05) is 39.8 Å². The molecule has 3 rings (SSSR count). The number of piperazine rings is 1. The van der Waals surface area contributed by atoms with E-state index in [4.69, 9.17) is 0 Å². The van der Waals surface area contributed by atoms with Gasteiger partial charge in [0.05, 0.1) is 5.75 Å². The molecule has 2 aromatic rings. The molecule has 1 N–H and O–H groups in total. The summed E-state index contributed by atoms with van der Waals surface area (Å²) in [7, 11) is -1.25. The van der Waals surface area contributed by atoms with Gasteiger partial charge in [-0.15, -0.1) is 0 Å². The Balaban J connectivity index is 1.68. The Bertz CT molecular complexity index is 798. The number of hydrogen-bond donors (Lipinski definition) is 1. The first-order chi connectivity index (χ1) is 12.4. The van der Waals surface area contributed by atoms with Gasteiger partial charge in [0.2, 0.25) is 10.0 Å². The van der Waals surface area contributed by atoms with Crippen LogP contribution in [0.5, 0.6) is 0 Å². The molecule has 1 atom stereocenters. The highest BCUT2D eigenvalue weighted by molar-refractivity contribution is 7.88. The van der Waals surface area contributed by atoms with Crippen LogP contribution >= 0.6 is 11.3 Å².